The first-order valence-electron chi connectivity index (χ1n) is 15.1. The highest BCUT2D eigenvalue weighted by Crippen LogP contribution is 2.66. The zero-order valence-electron chi connectivity index (χ0n) is 23.6. The number of hydrogen-bond donors (Lipinski definition) is 1. The highest BCUT2D eigenvalue weighted by Gasteiger charge is 2.57. The minimum absolute atomic E-state index is 0.0243. The van der Waals surface area contributed by atoms with Crippen LogP contribution in [0.25, 0.3) is 5.57 Å². The van der Waals surface area contributed by atoms with Gasteiger partial charge < -0.3 is 10.1 Å². The molecule has 7 unspecified atom stereocenters. The summed E-state index contributed by atoms with van der Waals surface area (Å²) in [5, 5.41) is 3.29. The number of fused-ring (bicyclic) bond motifs is 5. The van der Waals surface area contributed by atoms with Gasteiger partial charge in [-0.15, -0.1) is 0 Å². The number of allylic oxidation sites excluding steroid dienone is 3. The molecule has 4 heteroatoms. The molecule has 0 radical (unpaired) electrons. The van der Waals surface area contributed by atoms with Gasteiger partial charge in [0.05, 0.1) is 0 Å². The van der Waals surface area contributed by atoms with Gasteiger partial charge in [0, 0.05) is 18.8 Å². The monoisotopic (exact) mass is 504 g/mol. The number of ether oxygens (including phenoxy) is 1. The van der Waals surface area contributed by atoms with Crippen LogP contribution in [0.3, 0.4) is 0 Å². The maximum absolute atomic E-state index is 12.6. The largest absolute Gasteiger partial charge is 0.461 e. The van der Waals surface area contributed by atoms with E-state index in [1.165, 1.54) is 49.7 Å². The molecule has 0 amide bonds. The van der Waals surface area contributed by atoms with Crippen LogP contribution in [0, 0.1) is 28.6 Å². The highest BCUT2D eigenvalue weighted by molar-refractivity contribution is 5.76. The lowest BCUT2D eigenvalue weighted by molar-refractivity contribution is -0.153. The third-order valence-corrected chi connectivity index (χ3v) is 10.7. The molecule has 0 bridgehead atoms. The molecule has 4 nitrogen and oxygen atoms in total. The molecule has 1 saturated heterocycles. The van der Waals surface area contributed by atoms with E-state index in [0.717, 1.165) is 56.4 Å². The summed E-state index contributed by atoms with van der Waals surface area (Å²) in [4.78, 5) is 17.0. The number of aromatic nitrogens is 1. The molecule has 0 aromatic carbocycles. The first kappa shape index (κ1) is 26.7. The summed E-state index contributed by atoms with van der Waals surface area (Å²) < 4.78 is 6.00. The number of carbonyl (C=O) groups excluding carboxylic acids is 1. The summed E-state index contributed by atoms with van der Waals surface area (Å²) in [6.07, 6.45) is 21.8. The van der Waals surface area contributed by atoms with Crippen LogP contribution in [0.15, 0.2) is 42.3 Å². The quantitative estimate of drug-likeness (QED) is 0.340. The summed E-state index contributed by atoms with van der Waals surface area (Å²) in [6.45, 7) is 10.3. The SMILES string of the molecule is CC12CCC(OC(=O)C3CCCN3)CC1=CCC1C2CCC2(C)C(c3cccnc3)=CCC12.CCCC. The Balaban J connectivity index is 0.000000655. The summed E-state index contributed by atoms with van der Waals surface area (Å²) in [5.41, 5.74) is 4.98. The van der Waals surface area contributed by atoms with E-state index < -0.39 is 0 Å². The lowest BCUT2D eigenvalue weighted by Crippen LogP contribution is -2.50. The lowest BCUT2D eigenvalue weighted by Gasteiger charge is -2.57. The van der Waals surface area contributed by atoms with Crippen LogP contribution in [0.4, 0.5) is 0 Å². The number of hydrogen-bond acceptors (Lipinski definition) is 4. The van der Waals surface area contributed by atoms with Crippen LogP contribution in [0.2, 0.25) is 0 Å². The maximum atomic E-state index is 12.6. The smallest absolute Gasteiger partial charge is 0.323 e. The fourth-order valence-electron chi connectivity index (χ4n) is 8.40. The molecule has 1 aliphatic heterocycles. The van der Waals surface area contributed by atoms with Gasteiger partial charge in [-0.1, -0.05) is 64.3 Å². The summed E-state index contributed by atoms with van der Waals surface area (Å²) in [6, 6.07) is 4.23. The van der Waals surface area contributed by atoms with Crippen molar-refractivity contribution in [3.8, 4) is 0 Å². The zero-order chi connectivity index (χ0) is 26.0. The van der Waals surface area contributed by atoms with Gasteiger partial charge in [-0.25, -0.2) is 0 Å². The Morgan fingerprint density at radius 2 is 1.86 bits per heavy atom. The van der Waals surface area contributed by atoms with Crippen molar-refractivity contribution in [1.82, 2.24) is 10.3 Å². The fourth-order valence-corrected chi connectivity index (χ4v) is 8.40. The molecular formula is C33H48N2O2. The van der Waals surface area contributed by atoms with Crippen molar-refractivity contribution >= 4 is 11.5 Å². The number of rotatable bonds is 4. The molecule has 1 N–H and O–H groups in total. The normalized spacial score (nSPS) is 38.2. The van der Waals surface area contributed by atoms with Crippen molar-refractivity contribution in [2.24, 2.45) is 28.6 Å². The predicted molar refractivity (Wildman–Crippen MR) is 151 cm³/mol. The third kappa shape index (κ3) is 4.95. The van der Waals surface area contributed by atoms with Crippen molar-refractivity contribution in [3.63, 3.8) is 0 Å². The Labute approximate surface area is 224 Å². The topological polar surface area (TPSA) is 51.2 Å². The van der Waals surface area contributed by atoms with E-state index in [9.17, 15) is 4.79 Å². The third-order valence-electron chi connectivity index (χ3n) is 10.7. The second-order valence-electron chi connectivity index (χ2n) is 12.8. The van der Waals surface area contributed by atoms with Crippen molar-refractivity contribution in [2.75, 3.05) is 6.54 Å². The number of esters is 1. The molecule has 1 aromatic rings. The minimum atomic E-state index is -0.0806. The summed E-state index contributed by atoms with van der Waals surface area (Å²) in [7, 11) is 0. The van der Waals surface area contributed by atoms with E-state index in [0.29, 0.717) is 0 Å². The van der Waals surface area contributed by atoms with Crippen LogP contribution in [0.5, 0.6) is 0 Å². The van der Waals surface area contributed by atoms with Crippen LogP contribution in [0.1, 0.15) is 104 Å². The van der Waals surface area contributed by atoms with E-state index in [2.05, 4.69) is 68.5 Å². The van der Waals surface area contributed by atoms with Gasteiger partial charge in [0.15, 0.2) is 0 Å². The molecule has 2 saturated carbocycles. The Morgan fingerprint density at radius 3 is 2.57 bits per heavy atom. The lowest BCUT2D eigenvalue weighted by atomic mass is 9.47. The zero-order valence-corrected chi connectivity index (χ0v) is 23.6. The average Bonchev–Trinajstić information content (AvgIpc) is 3.58. The number of unbranched alkanes of at least 4 members (excludes halogenated alkanes) is 1. The van der Waals surface area contributed by atoms with E-state index in [1.54, 1.807) is 5.57 Å². The Hall–Kier alpha value is -1.94. The second-order valence-corrected chi connectivity index (χ2v) is 12.8. The van der Waals surface area contributed by atoms with Gasteiger partial charge in [0.25, 0.3) is 0 Å². The number of nitrogens with zero attached hydrogens (tertiary/aromatic N) is 1. The summed E-state index contributed by atoms with van der Waals surface area (Å²) in [5.74, 6) is 2.21. The van der Waals surface area contributed by atoms with E-state index >= 15 is 0 Å². The summed E-state index contributed by atoms with van der Waals surface area (Å²) >= 11 is 0. The minimum Gasteiger partial charge on any atom is -0.461 e. The van der Waals surface area contributed by atoms with Gasteiger partial charge in [-0.3, -0.25) is 9.78 Å². The molecule has 37 heavy (non-hydrogen) atoms. The van der Waals surface area contributed by atoms with E-state index in [1.807, 2.05) is 6.20 Å². The van der Waals surface area contributed by atoms with Gasteiger partial charge >= 0.3 is 5.97 Å². The van der Waals surface area contributed by atoms with Crippen molar-refractivity contribution in [1.29, 1.82) is 0 Å². The number of pyridine rings is 1. The Bertz CT molecular complexity index is 1010. The maximum Gasteiger partial charge on any atom is 0.323 e. The van der Waals surface area contributed by atoms with Crippen molar-refractivity contribution in [2.45, 2.75) is 110 Å². The molecule has 1 aromatic heterocycles. The molecule has 0 spiro atoms. The van der Waals surface area contributed by atoms with Crippen LogP contribution in [-0.2, 0) is 9.53 Å². The molecule has 5 aliphatic rings. The predicted octanol–water partition coefficient (Wildman–Crippen LogP) is 7.51. The van der Waals surface area contributed by atoms with Crippen LogP contribution >= 0.6 is 0 Å². The van der Waals surface area contributed by atoms with Crippen molar-refractivity contribution in [3.05, 3.63) is 47.8 Å². The Kier molecular flexibility index (Phi) is 7.96. The van der Waals surface area contributed by atoms with E-state index in [4.69, 9.17) is 4.74 Å². The first-order valence-corrected chi connectivity index (χ1v) is 15.1. The molecule has 202 valence electrons. The van der Waals surface area contributed by atoms with Gasteiger partial charge in [0.1, 0.15) is 12.1 Å². The molecule has 6 rings (SSSR count). The van der Waals surface area contributed by atoms with E-state index in [-0.39, 0.29) is 28.9 Å². The van der Waals surface area contributed by atoms with Gasteiger partial charge in [-0.05, 0) is 104 Å². The molecular weight excluding hydrogens is 456 g/mol. The van der Waals surface area contributed by atoms with Gasteiger partial charge in [0.2, 0.25) is 0 Å². The standard InChI is InChI=1S/C29H38N2O2.C4H10/c1-28-13-11-21(33-27(32)26-6-4-16-31-26)17-20(28)7-8-22-24-10-9-23(19-5-3-15-30-18-19)29(24,2)14-12-25(22)28;1-3-4-2/h3,5,7,9,15,18,21-22,24-26,31H,4,6,8,10-14,16-17H2,1-2H3;3-4H2,1-2H3. The molecule has 7 atom stereocenters. The highest BCUT2D eigenvalue weighted by atomic mass is 16.5. The molecule has 3 fully saturated rings. The van der Waals surface area contributed by atoms with Crippen LogP contribution < -0.4 is 5.32 Å². The first-order chi connectivity index (χ1) is 17.9. The molecule has 2 heterocycles. The number of carbonyl (C=O) groups is 1. The van der Waals surface area contributed by atoms with Crippen molar-refractivity contribution < 1.29 is 9.53 Å². The number of nitrogens with one attached hydrogen (secondary N) is 1. The van der Waals surface area contributed by atoms with Crippen LogP contribution in [-0.4, -0.2) is 29.6 Å². The Morgan fingerprint density at radius 1 is 1.05 bits per heavy atom. The average molecular weight is 505 g/mol. The second kappa shape index (κ2) is 11.0. The fraction of sp³-hybridized carbons (Fsp3) is 0.697. The van der Waals surface area contributed by atoms with Gasteiger partial charge in [-0.2, -0.15) is 0 Å². The molecule has 4 aliphatic carbocycles.